The Morgan fingerprint density at radius 2 is 1.57 bits per heavy atom. The fraction of sp³-hybridized carbons (Fsp3) is 0.217. The van der Waals surface area contributed by atoms with Crippen LogP contribution in [0.5, 0.6) is 0 Å². The molecule has 0 saturated carbocycles. The van der Waals surface area contributed by atoms with Gasteiger partial charge in [0.2, 0.25) is 0 Å². The van der Waals surface area contributed by atoms with Crippen molar-refractivity contribution in [1.29, 1.82) is 0 Å². The molecule has 1 heterocycles. The molecule has 1 aliphatic heterocycles. The van der Waals surface area contributed by atoms with Crippen molar-refractivity contribution in [1.82, 2.24) is 9.80 Å². The number of imide groups is 1. The lowest BCUT2D eigenvalue weighted by atomic mass is 10.1. The standard InChI is InChI=1S/C23H23N3O4/c1-4-13-26-22(29)18-12-9-16(14-19(18)23(26)30)20(27)24-17-10-7-15(8-11-17)21(28)25(5-2)6-3/h4,7-12,14H,1,5-6,13H2,2-3H3,(H,24,27). The predicted molar refractivity (Wildman–Crippen MR) is 114 cm³/mol. The quantitative estimate of drug-likeness (QED) is 0.566. The van der Waals surface area contributed by atoms with Gasteiger partial charge in [0.1, 0.15) is 0 Å². The minimum Gasteiger partial charge on any atom is -0.339 e. The molecular weight excluding hydrogens is 382 g/mol. The zero-order chi connectivity index (χ0) is 21.8. The highest BCUT2D eigenvalue weighted by Crippen LogP contribution is 2.24. The molecule has 1 N–H and O–H groups in total. The molecule has 154 valence electrons. The van der Waals surface area contributed by atoms with Crippen LogP contribution >= 0.6 is 0 Å². The van der Waals surface area contributed by atoms with Crippen molar-refractivity contribution in [3.8, 4) is 0 Å². The van der Waals surface area contributed by atoms with E-state index in [4.69, 9.17) is 0 Å². The predicted octanol–water partition coefficient (Wildman–Crippen LogP) is 3.20. The molecule has 0 spiro atoms. The second-order valence-electron chi connectivity index (χ2n) is 6.78. The van der Waals surface area contributed by atoms with E-state index in [2.05, 4.69) is 11.9 Å². The molecule has 2 aromatic carbocycles. The number of amides is 4. The molecule has 0 fully saturated rings. The second kappa shape index (κ2) is 8.73. The Hall–Kier alpha value is -3.74. The van der Waals surface area contributed by atoms with E-state index in [1.807, 2.05) is 13.8 Å². The van der Waals surface area contributed by atoms with Crippen LogP contribution in [0.15, 0.2) is 55.1 Å². The lowest BCUT2D eigenvalue weighted by Crippen LogP contribution is -2.30. The van der Waals surface area contributed by atoms with Crippen LogP contribution in [0.25, 0.3) is 0 Å². The van der Waals surface area contributed by atoms with E-state index >= 15 is 0 Å². The summed E-state index contributed by atoms with van der Waals surface area (Å²) in [6.45, 7) is 8.75. The number of nitrogens with one attached hydrogen (secondary N) is 1. The third-order valence-corrected chi connectivity index (χ3v) is 4.98. The van der Waals surface area contributed by atoms with Crippen molar-refractivity contribution in [2.45, 2.75) is 13.8 Å². The van der Waals surface area contributed by atoms with Crippen molar-refractivity contribution < 1.29 is 19.2 Å². The zero-order valence-corrected chi connectivity index (χ0v) is 17.0. The maximum atomic E-state index is 12.6. The number of carbonyl (C=O) groups excluding carboxylic acids is 4. The van der Waals surface area contributed by atoms with Gasteiger partial charge in [0.25, 0.3) is 23.6 Å². The highest BCUT2D eigenvalue weighted by atomic mass is 16.2. The second-order valence-corrected chi connectivity index (χ2v) is 6.78. The summed E-state index contributed by atoms with van der Waals surface area (Å²) >= 11 is 0. The molecular formula is C23H23N3O4. The summed E-state index contributed by atoms with van der Waals surface area (Å²) in [7, 11) is 0. The van der Waals surface area contributed by atoms with Crippen molar-refractivity contribution >= 4 is 29.3 Å². The molecule has 7 nitrogen and oxygen atoms in total. The summed E-state index contributed by atoms with van der Waals surface area (Å²) in [6.07, 6.45) is 1.48. The summed E-state index contributed by atoms with van der Waals surface area (Å²) in [4.78, 5) is 52.5. The van der Waals surface area contributed by atoms with E-state index in [0.29, 0.717) is 24.3 Å². The van der Waals surface area contributed by atoms with Crippen LogP contribution in [0.4, 0.5) is 5.69 Å². The Balaban J connectivity index is 1.75. The van der Waals surface area contributed by atoms with E-state index in [9.17, 15) is 19.2 Å². The van der Waals surface area contributed by atoms with Gasteiger partial charge in [0.05, 0.1) is 11.1 Å². The Morgan fingerprint density at radius 1 is 0.967 bits per heavy atom. The number of benzene rings is 2. The largest absolute Gasteiger partial charge is 0.339 e. The van der Waals surface area contributed by atoms with Gasteiger partial charge in [0.15, 0.2) is 0 Å². The van der Waals surface area contributed by atoms with Crippen LogP contribution in [-0.4, -0.2) is 53.1 Å². The molecule has 1 aliphatic rings. The molecule has 30 heavy (non-hydrogen) atoms. The number of hydrogen-bond donors (Lipinski definition) is 1. The van der Waals surface area contributed by atoms with Gasteiger partial charge in [-0.05, 0) is 56.3 Å². The Kier molecular flexibility index (Phi) is 6.11. The first-order chi connectivity index (χ1) is 14.4. The number of carbonyl (C=O) groups is 4. The highest BCUT2D eigenvalue weighted by Gasteiger charge is 2.35. The Bertz CT molecular complexity index is 1020. The summed E-state index contributed by atoms with van der Waals surface area (Å²) in [5, 5.41) is 2.75. The van der Waals surface area contributed by atoms with E-state index in [0.717, 1.165) is 4.90 Å². The lowest BCUT2D eigenvalue weighted by Gasteiger charge is -2.18. The first-order valence-corrected chi connectivity index (χ1v) is 9.73. The topological polar surface area (TPSA) is 86.8 Å². The van der Waals surface area contributed by atoms with E-state index in [1.165, 1.54) is 24.3 Å². The summed E-state index contributed by atoms with van der Waals surface area (Å²) < 4.78 is 0. The van der Waals surface area contributed by atoms with Gasteiger partial charge in [-0.15, -0.1) is 6.58 Å². The minimum absolute atomic E-state index is 0.0660. The van der Waals surface area contributed by atoms with Crippen molar-refractivity contribution in [3.05, 3.63) is 77.4 Å². The van der Waals surface area contributed by atoms with Crippen LogP contribution < -0.4 is 5.32 Å². The van der Waals surface area contributed by atoms with Gasteiger partial charge in [0, 0.05) is 36.4 Å². The molecule has 4 amide bonds. The van der Waals surface area contributed by atoms with Gasteiger partial charge in [-0.3, -0.25) is 24.1 Å². The van der Waals surface area contributed by atoms with E-state index in [1.54, 1.807) is 29.2 Å². The van der Waals surface area contributed by atoms with Crippen molar-refractivity contribution in [3.63, 3.8) is 0 Å². The first-order valence-electron chi connectivity index (χ1n) is 9.73. The molecule has 0 atom stereocenters. The number of anilines is 1. The summed E-state index contributed by atoms with van der Waals surface area (Å²) in [5.41, 5.74) is 1.80. The zero-order valence-electron chi connectivity index (χ0n) is 17.0. The maximum Gasteiger partial charge on any atom is 0.261 e. The molecule has 0 bridgehead atoms. The minimum atomic E-state index is -0.441. The van der Waals surface area contributed by atoms with Crippen LogP contribution in [-0.2, 0) is 0 Å². The highest BCUT2D eigenvalue weighted by molar-refractivity contribution is 6.22. The molecule has 3 rings (SSSR count). The van der Waals surface area contributed by atoms with Gasteiger partial charge in [-0.25, -0.2) is 0 Å². The van der Waals surface area contributed by atoms with Crippen LogP contribution in [0.1, 0.15) is 55.3 Å². The average molecular weight is 405 g/mol. The van der Waals surface area contributed by atoms with Crippen LogP contribution in [0.3, 0.4) is 0 Å². The number of fused-ring (bicyclic) bond motifs is 1. The summed E-state index contributed by atoms with van der Waals surface area (Å²) in [5.74, 6) is -1.31. The van der Waals surface area contributed by atoms with E-state index < -0.39 is 17.7 Å². The van der Waals surface area contributed by atoms with Crippen LogP contribution in [0.2, 0.25) is 0 Å². The lowest BCUT2D eigenvalue weighted by molar-refractivity contribution is 0.0670. The molecule has 0 radical (unpaired) electrons. The third kappa shape index (κ3) is 3.87. The van der Waals surface area contributed by atoms with Crippen molar-refractivity contribution in [2.75, 3.05) is 25.0 Å². The van der Waals surface area contributed by atoms with Gasteiger partial charge >= 0.3 is 0 Å². The van der Waals surface area contributed by atoms with Crippen molar-refractivity contribution in [2.24, 2.45) is 0 Å². The average Bonchev–Trinajstić information content (AvgIpc) is 2.99. The third-order valence-electron chi connectivity index (χ3n) is 4.98. The number of nitrogens with zero attached hydrogens (tertiary/aromatic N) is 2. The Morgan fingerprint density at radius 3 is 2.17 bits per heavy atom. The van der Waals surface area contributed by atoms with Crippen LogP contribution in [0, 0.1) is 0 Å². The Labute approximate surface area is 175 Å². The van der Waals surface area contributed by atoms with E-state index in [-0.39, 0.29) is 29.1 Å². The number of hydrogen-bond acceptors (Lipinski definition) is 4. The maximum absolute atomic E-state index is 12.6. The van der Waals surface area contributed by atoms with Gasteiger partial charge in [-0.2, -0.15) is 0 Å². The fourth-order valence-corrected chi connectivity index (χ4v) is 3.32. The monoisotopic (exact) mass is 405 g/mol. The van der Waals surface area contributed by atoms with Gasteiger partial charge in [-0.1, -0.05) is 6.08 Å². The molecule has 2 aromatic rings. The summed E-state index contributed by atoms with van der Waals surface area (Å²) in [6, 6.07) is 11.0. The van der Waals surface area contributed by atoms with Gasteiger partial charge < -0.3 is 10.2 Å². The normalized spacial score (nSPS) is 12.5. The SMILES string of the molecule is C=CCN1C(=O)c2ccc(C(=O)Nc3ccc(C(=O)N(CC)CC)cc3)cc2C1=O. The molecule has 0 aromatic heterocycles. The molecule has 0 unspecified atom stereocenters. The fourth-order valence-electron chi connectivity index (χ4n) is 3.32. The molecule has 0 saturated heterocycles. The number of rotatable bonds is 7. The smallest absolute Gasteiger partial charge is 0.261 e. The first kappa shape index (κ1) is 21.0. The molecule has 7 heteroatoms. The molecule has 0 aliphatic carbocycles.